The number of hydrogen-bond donors (Lipinski definition) is 2. The largest absolute Gasteiger partial charge is 0.489 e. The van der Waals surface area contributed by atoms with Crippen molar-refractivity contribution in [1.82, 2.24) is 29.9 Å². The van der Waals surface area contributed by atoms with Crippen LogP contribution >= 0.6 is 0 Å². The van der Waals surface area contributed by atoms with Crippen molar-refractivity contribution in [2.75, 3.05) is 0 Å². The molecule has 1 saturated carbocycles. The van der Waals surface area contributed by atoms with Gasteiger partial charge in [0.15, 0.2) is 5.65 Å². The van der Waals surface area contributed by atoms with Crippen LogP contribution in [0.4, 0.5) is 13.2 Å². The molecular formula is C22H15F3N6O2. The minimum absolute atomic E-state index is 0.0329. The van der Waals surface area contributed by atoms with Gasteiger partial charge in [0.05, 0.1) is 23.9 Å². The van der Waals surface area contributed by atoms with Crippen LogP contribution in [0.25, 0.3) is 17.2 Å². The number of nitrogens with one attached hydrogen (secondary N) is 2. The van der Waals surface area contributed by atoms with Crippen molar-refractivity contribution in [1.29, 1.82) is 0 Å². The summed E-state index contributed by atoms with van der Waals surface area (Å²) in [4.78, 5) is 23.0. The summed E-state index contributed by atoms with van der Waals surface area (Å²) in [5.74, 6) is 0.936. The number of alkyl halides is 3. The van der Waals surface area contributed by atoms with Crippen molar-refractivity contribution in [2.45, 2.75) is 30.5 Å². The van der Waals surface area contributed by atoms with E-state index in [0.717, 1.165) is 11.3 Å². The van der Waals surface area contributed by atoms with Crippen molar-refractivity contribution < 1.29 is 22.6 Å². The molecule has 7 rings (SSSR count). The molecule has 166 valence electrons. The first-order valence-corrected chi connectivity index (χ1v) is 10.4. The second kappa shape index (κ2) is 6.33. The van der Waals surface area contributed by atoms with Crippen LogP contribution in [0.5, 0.6) is 17.4 Å². The van der Waals surface area contributed by atoms with Crippen LogP contribution in [0, 0.1) is 5.92 Å². The van der Waals surface area contributed by atoms with Gasteiger partial charge in [-0.3, -0.25) is 0 Å². The summed E-state index contributed by atoms with van der Waals surface area (Å²) in [6.07, 6.45) is 1.06. The van der Waals surface area contributed by atoms with Gasteiger partial charge in [0.2, 0.25) is 5.88 Å². The van der Waals surface area contributed by atoms with Gasteiger partial charge in [-0.25, -0.2) is 15.0 Å². The van der Waals surface area contributed by atoms with E-state index >= 15 is 0 Å². The molecule has 0 spiro atoms. The van der Waals surface area contributed by atoms with Gasteiger partial charge in [-0.15, -0.1) is 0 Å². The lowest BCUT2D eigenvalue weighted by atomic mass is 9.96. The summed E-state index contributed by atoms with van der Waals surface area (Å²) in [7, 11) is 0. The maximum Gasteiger partial charge on any atom is 0.395 e. The molecule has 1 aromatic carbocycles. The molecule has 0 radical (unpaired) electrons. The topological polar surface area (TPSA) is 102 Å². The van der Waals surface area contributed by atoms with E-state index < -0.39 is 12.1 Å². The number of hydrogen-bond acceptors (Lipinski definition) is 6. The first kappa shape index (κ1) is 18.7. The van der Waals surface area contributed by atoms with Crippen molar-refractivity contribution in [2.24, 2.45) is 5.92 Å². The van der Waals surface area contributed by atoms with Gasteiger partial charge >= 0.3 is 6.18 Å². The lowest BCUT2D eigenvalue weighted by Crippen LogP contribution is -2.25. The van der Waals surface area contributed by atoms with Crippen molar-refractivity contribution in [3.8, 4) is 17.4 Å². The number of benzene rings is 1. The number of aromatic amines is 2. The fourth-order valence-electron chi connectivity index (χ4n) is 4.78. The zero-order chi connectivity index (χ0) is 22.3. The predicted molar refractivity (Wildman–Crippen MR) is 109 cm³/mol. The summed E-state index contributed by atoms with van der Waals surface area (Å²) < 4.78 is 51.3. The fourth-order valence-corrected chi connectivity index (χ4v) is 4.78. The van der Waals surface area contributed by atoms with Crippen LogP contribution in [0.3, 0.4) is 0 Å². The quantitative estimate of drug-likeness (QED) is 0.482. The Hall–Kier alpha value is -3.89. The van der Waals surface area contributed by atoms with Gasteiger partial charge in [-0.2, -0.15) is 18.2 Å². The average Bonchev–Trinajstić information content (AvgIpc) is 3.18. The van der Waals surface area contributed by atoms with Gasteiger partial charge < -0.3 is 19.4 Å². The standard InChI is InChI=1S/C22H15F3N6O2/c23-22(24,25)9-1-3-12-13(5-9)31-19(30-12)16-15-11-6-10(2-4-14(11)33-18(15)16)32-21-17-20(27-7-26-17)28-8-29-21/h1-4,6-9,15-16,18H,5H2,(H,30,31)(H,26,27,28,29). The number of halogens is 3. The number of aromatic nitrogens is 6. The van der Waals surface area contributed by atoms with E-state index in [-0.39, 0.29) is 24.4 Å². The van der Waals surface area contributed by atoms with Crippen LogP contribution in [-0.2, 0) is 6.42 Å². The molecule has 4 aromatic rings. The Labute approximate surface area is 183 Å². The molecular weight excluding hydrogens is 437 g/mol. The number of allylic oxidation sites excluding steroid dienone is 1. The Kier molecular flexibility index (Phi) is 3.58. The summed E-state index contributed by atoms with van der Waals surface area (Å²) in [6.45, 7) is 0. The molecule has 33 heavy (non-hydrogen) atoms. The molecule has 1 fully saturated rings. The highest BCUT2D eigenvalue weighted by Gasteiger charge is 2.61. The molecule has 1 aliphatic heterocycles. The molecule has 3 aliphatic rings. The van der Waals surface area contributed by atoms with E-state index in [0.29, 0.717) is 40.0 Å². The van der Waals surface area contributed by atoms with Crippen molar-refractivity contribution >= 4 is 17.2 Å². The first-order valence-electron chi connectivity index (χ1n) is 10.4. The summed E-state index contributed by atoms with van der Waals surface area (Å²) in [6, 6.07) is 5.56. The maximum absolute atomic E-state index is 13.1. The van der Waals surface area contributed by atoms with Gasteiger partial charge in [0, 0.05) is 23.6 Å². The normalized spacial score (nSPS) is 24.8. The highest BCUT2D eigenvalue weighted by molar-refractivity contribution is 5.75. The Bertz CT molecular complexity index is 1440. The lowest BCUT2D eigenvalue weighted by molar-refractivity contribution is -0.160. The van der Waals surface area contributed by atoms with Crippen LogP contribution in [0.2, 0.25) is 0 Å². The second-order valence-corrected chi connectivity index (χ2v) is 8.41. The van der Waals surface area contributed by atoms with Gasteiger partial charge in [0.25, 0.3) is 0 Å². The summed E-state index contributed by atoms with van der Waals surface area (Å²) >= 11 is 0. The minimum atomic E-state index is -4.26. The van der Waals surface area contributed by atoms with Gasteiger partial charge in [-0.05, 0) is 24.3 Å². The van der Waals surface area contributed by atoms with E-state index in [1.54, 1.807) is 6.07 Å². The molecule has 4 atom stereocenters. The van der Waals surface area contributed by atoms with E-state index in [1.165, 1.54) is 24.8 Å². The smallest absolute Gasteiger partial charge is 0.395 e. The lowest BCUT2D eigenvalue weighted by Gasteiger charge is -2.18. The Morgan fingerprint density at radius 2 is 2.03 bits per heavy atom. The number of imidazole rings is 2. The molecule has 8 nitrogen and oxygen atoms in total. The highest BCUT2D eigenvalue weighted by Crippen LogP contribution is 2.63. The average molecular weight is 452 g/mol. The Balaban J connectivity index is 1.14. The number of fused-ring (bicyclic) bond motifs is 5. The Morgan fingerprint density at radius 1 is 1.12 bits per heavy atom. The fraction of sp³-hybridized carbons (Fsp3) is 0.273. The first-order chi connectivity index (χ1) is 16.0. The molecule has 11 heteroatoms. The zero-order valence-electron chi connectivity index (χ0n) is 16.8. The van der Waals surface area contributed by atoms with Crippen molar-refractivity contribution in [3.05, 3.63) is 59.7 Å². The van der Waals surface area contributed by atoms with Gasteiger partial charge in [-0.1, -0.05) is 6.08 Å². The predicted octanol–water partition coefficient (Wildman–Crippen LogP) is 4.26. The Morgan fingerprint density at radius 3 is 2.91 bits per heavy atom. The molecule has 0 saturated heterocycles. The maximum atomic E-state index is 13.1. The number of H-pyrrole nitrogens is 2. The monoisotopic (exact) mass is 452 g/mol. The summed E-state index contributed by atoms with van der Waals surface area (Å²) in [5, 5.41) is 0. The third kappa shape index (κ3) is 2.84. The number of rotatable bonds is 3. The van der Waals surface area contributed by atoms with Gasteiger partial charge in [0.1, 0.15) is 35.3 Å². The number of nitrogens with zero attached hydrogens (tertiary/aromatic N) is 4. The van der Waals surface area contributed by atoms with E-state index in [2.05, 4.69) is 29.9 Å². The van der Waals surface area contributed by atoms with E-state index in [4.69, 9.17) is 9.47 Å². The molecule has 0 amide bonds. The molecule has 2 N–H and O–H groups in total. The van der Waals surface area contributed by atoms with E-state index in [9.17, 15) is 13.2 Å². The zero-order valence-corrected chi connectivity index (χ0v) is 16.8. The molecule has 4 heterocycles. The third-order valence-electron chi connectivity index (χ3n) is 6.44. The molecule has 3 aromatic heterocycles. The van der Waals surface area contributed by atoms with Crippen LogP contribution in [-0.4, -0.2) is 42.2 Å². The highest BCUT2D eigenvalue weighted by atomic mass is 19.4. The van der Waals surface area contributed by atoms with Crippen molar-refractivity contribution in [3.63, 3.8) is 0 Å². The van der Waals surface area contributed by atoms with Crippen LogP contribution in [0.1, 0.15) is 34.6 Å². The number of ether oxygens (including phenoxy) is 2. The minimum Gasteiger partial charge on any atom is -0.489 e. The van der Waals surface area contributed by atoms with Crippen LogP contribution in [0.15, 0.2) is 36.9 Å². The molecule has 0 bridgehead atoms. The molecule has 2 aliphatic carbocycles. The van der Waals surface area contributed by atoms with E-state index in [1.807, 2.05) is 12.1 Å². The third-order valence-corrected chi connectivity index (χ3v) is 6.44. The molecule has 4 unspecified atom stereocenters. The second-order valence-electron chi connectivity index (χ2n) is 8.41. The summed E-state index contributed by atoms with van der Waals surface area (Å²) in [5.41, 5.74) is 3.18. The van der Waals surface area contributed by atoms with Crippen LogP contribution < -0.4 is 9.47 Å². The SMILES string of the molecule is FC(F)(F)C1C=Cc2nc(C3C4Oc5ccc(Oc6ncnc7nc[nH]c67)cc5C43)[nH]c2C1.